The summed E-state index contributed by atoms with van der Waals surface area (Å²) in [5, 5.41) is 4.25. The SMILES string of the molecule is COc1ccc(C2=NO[C@@H](CN(Cc3cccc(F)c3)C(=O)CC(C)(C)C)C2)cc1OC. The van der Waals surface area contributed by atoms with Gasteiger partial charge in [0, 0.05) is 24.9 Å². The van der Waals surface area contributed by atoms with Gasteiger partial charge in [0.2, 0.25) is 5.91 Å². The van der Waals surface area contributed by atoms with Crippen molar-refractivity contribution in [1.29, 1.82) is 0 Å². The van der Waals surface area contributed by atoms with E-state index < -0.39 is 0 Å². The average Bonchev–Trinajstić information content (AvgIpc) is 3.20. The van der Waals surface area contributed by atoms with Gasteiger partial charge in [-0.05, 0) is 41.3 Å². The highest BCUT2D eigenvalue weighted by Crippen LogP contribution is 2.30. The fraction of sp³-hybridized carbons (Fsp3) is 0.440. The number of carbonyl (C=O) groups excluding carboxylic acids is 1. The maximum atomic E-state index is 13.7. The molecule has 172 valence electrons. The summed E-state index contributed by atoms with van der Waals surface area (Å²) in [5.74, 6) is 0.942. The van der Waals surface area contributed by atoms with Crippen LogP contribution in [0, 0.1) is 11.2 Å². The molecule has 1 aliphatic heterocycles. The lowest BCUT2D eigenvalue weighted by atomic mass is 9.91. The van der Waals surface area contributed by atoms with Gasteiger partial charge < -0.3 is 19.2 Å². The van der Waals surface area contributed by atoms with Crippen LogP contribution >= 0.6 is 0 Å². The minimum Gasteiger partial charge on any atom is -0.493 e. The highest BCUT2D eigenvalue weighted by atomic mass is 19.1. The third kappa shape index (κ3) is 6.22. The molecule has 6 nitrogen and oxygen atoms in total. The quantitative estimate of drug-likeness (QED) is 0.589. The Morgan fingerprint density at radius 2 is 1.91 bits per heavy atom. The average molecular weight is 443 g/mol. The number of oxime groups is 1. The fourth-order valence-corrected chi connectivity index (χ4v) is 3.63. The van der Waals surface area contributed by atoms with Crippen molar-refractivity contribution in [2.24, 2.45) is 10.6 Å². The lowest BCUT2D eigenvalue weighted by Crippen LogP contribution is -2.38. The Balaban J connectivity index is 1.72. The lowest BCUT2D eigenvalue weighted by molar-refractivity contribution is -0.135. The van der Waals surface area contributed by atoms with Crippen LogP contribution in [0.3, 0.4) is 0 Å². The lowest BCUT2D eigenvalue weighted by Gasteiger charge is -2.28. The van der Waals surface area contributed by atoms with Crippen molar-refractivity contribution in [1.82, 2.24) is 4.90 Å². The normalized spacial score (nSPS) is 15.7. The number of hydrogen-bond acceptors (Lipinski definition) is 5. The molecule has 0 unspecified atom stereocenters. The number of methoxy groups -OCH3 is 2. The second-order valence-corrected chi connectivity index (χ2v) is 9.18. The minimum atomic E-state index is -0.318. The zero-order chi connectivity index (χ0) is 23.3. The summed E-state index contributed by atoms with van der Waals surface area (Å²) < 4.78 is 24.4. The van der Waals surface area contributed by atoms with Gasteiger partial charge in [0.15, 0.2) is 17.6 Å². The highest BCUT2D eigenvalue weighted by molar-refractivity contribution is 6.01. The zero-order valence-corrected chi connectivity index (χ0v) is 19.4. The summed E-state index contributed by atoms with van der Waals surface area (Å²) in [6.45, 7) is 6.75. The van der Waals surface area contributed by atoms with E-state index in [1.807, 2.05) is 45.0 Å². The first kappa shape index (κ1) is 23.6. The third-order valence-electron chi connectivity index (χ3n) is 5.17. The molecule has 0 radical (unpaired) electrons. The van der Waals surface area contributed by atoms with Crippen molar-refractivity contribution in [3.63, 3.8) is 0 Å². The number of benzene rings is 2. The first-order valence-electron chi connectivity index (χ1n) is 10.7. The summed E-state index contributed by atoms with van der Waals surface area (Å²) in [7, 11) is 3.17. The molecular weight excluding hydrogens is 411 g/mol. The molecule has 7 heteroatoms. The smallest absolute Gasteiger partial charge is 0.223 e. The second kappa shape index (κ2) is 10.0. The Hall–Kier alpha value is -3.09. The molecule has 0 spiro atoms. The number of amides is 1. The Labute approximate surface area is 189 Å². The Bertz CT molecular complexity index is 984. The molecule has 2 aromatic rings. The topological polar surface area (TPSA) is 60.4 Å². The minimum absolute atomic E-state index is 0.00456. The van der Waals surface area contributed by atoms with Gasteiger partial charge in [0.05, 0.1) is 26.5 Å². The first-order valence-corrected chi connectivity index (χ1v) is 10.7. The van der Waals surface area contributed by atoms with E-state index in [0.29, 0.717) is 37.4 Å². The number of carbonyl (C=O) groups is 1. The molecule has 0 fully saturated rings. The monoisotopic (exact) mass is 442 g/mol. The summed E-state index contributed by atoms with van der Waals surface area (Å²) in [6, 6.07) is 11.9. The molecule has 0 aliphatic carbocycles. The van der Waals surface area contributed by atoms with Gasteiger partial charge >= 0.3 is 0 Å². The molecule has 0 aromatic heterocycles. The molecule has 1 aliphatic rings. The van der Waals surface area contributed by atoms with Crippen LogP contribution in [0.5, 0.6) is 11.5 Å². The Kier molecular flexibility index (Phi) is 7.38. The number of nitrogens with zero attached hydrogens (tertiary/aromatic N) is 2. The predicted octanol–water partition coefficient (Wildman–Crippen LogP) is 4.80. The van der Waals surface area contributed by atoms with Gasteiger partial charge in [-0.2, -0.15) is 0 Å². The summed E-state index contributed by atoms with van der Waals surface area (Å²) in [4.78, 5) is 20.5. The fourth-order valence-electron chi connectivity index (χ4n) is 3.63. The van der Waals surface area contributed by atoms with Crippen LogP contribution in [0.25, 0.3) is 0 Å². The highest BCUT2D eigenvalue weighted by Gasteiger charge is 2.29. The van der Waals surface area contributed by atoms with Crippen LogP contribution in [0.1, 0.15) is 44.7 Å². The van der Waals surface area contributed by atoms with Gasteiger partial charge in [0.1, 0.15) is 5.82 Å². The van der Waals surface area contributed by atoms with Crippen molar-refractivity contribution in [2.75, 3.05) is 20.8 Å². The first-order chi connectivity index (χ1) is 15.2. The molecule has 1 amide bonds. The molecule has 1 heterocycles. The van der Waals surface area contributed by atoms with Crippen LogP contribution < -0.4 is 9.47 Å². The summed E-state index contributed by atoms with van der Waals surface area (Å²) >= 11 is 0. The maximum absolute atomic E-state index is 13.7. The molecule has 0 saturated carbocycles. The zero-order valence-electron chi connectivity index (χ0n) is 19.4. The van der Waals surface area contributed by atoms with Crippen LogP contribution in [-0.4, -0.2) is 43.4 Å². The number of hydrogen-bond donors (Lipinski definition) is 0. The van der Waals surface area contributed by atoms with Gasteiger partial charge in [-0.1, -0.05) is 38.1 Å². The molecule has 32 heavy (non-hydrogen) atoms. The van der Waals surface area contributed by atoms with E-state index in [9.17, 15) is 9.18 Å². The van der Waals surface area contributed by atoms with Gasteiger partial charge in [-0.15, -0.1) is 0 Å². The predicted molar refractivity (Wildman–Crippen MR) is 121 cm³/mol. The Morgan fingerprint density at radius 3 is 2.56 bits per heavy atom. The van der Waals surface area contributed by atoms with Crippen LogP contribution in [0.2, 0.25) is 0 Å². The van der Waals surface area contributed by atoms with Crippen LogP contribution in [0.15, 0.2) is 47.6 Å². The molecule has 0 bridgehead atoms. The molecule has 2 aromatic carbocycles. The van der Waals surface area contributed by atoms with E-state index in [1.54, 1.807) is 25.2 Å². The van der Waals surface area contributed by atoms with E-state index in [0.717, 1.165) is 16.8 Å². The van der Waals surface area contributed by atoms with E-state index >= 15 is 0 Å². The van der Waals surface area contributed by atoms with Crippen molar-refractivity contribution >= 4 is 11.6 Å². The molecule has 0 saturated heterocycles. The second-order valence-electron chi connectivity index (χ2n) is 9.18. The molecule has 0 N–H and O–H groups in total. The van der Waals surface area contributed by atoms with Crippen molar-refractivity contribution in [3.8, 4) is 11.5 Å². The van der Waals surface area contributed by atoms with Crippen molar-refractivity contribution < 1.29 is 23.5 Å². The summed E-state index contributed by atoms with van der Waals surface area (Å²) in [6.07, 6.45) is 0.659. The van der Waals surface area contributed by atoms with Gasteiger partial charge in [-0.3, -0.25) is 4.79 Å². The van der Waals surface area contributed by atoms with E-state index in [-0.39, 0.29) is 23.2 Å². The largest absolute Gasteiger partial charge is 0.493 e. The number of ether oxygens (including phenoxy) is 2. The maximum Gasteiger partial charge on any atom is 0.223 e. The molecular formula is C25H31FN2O4. The van der Waals surface area contributed by atoms with Crippen LogP contribution in [-0.2, 0) is 16.2 Å². The molecule has 3 rings (SSSR count). The summed E-state index contributed by atoms with van der Waals surface area (Å²) in [5.41, 5.74) is 2.24. The van der Waals surface area contributed by atoms with E-state index in [4.69, 9.17) is 14.3 Å². The van der Waals surface area contributed by atoms with E-state index in [2.05, 4.69) is 5.16 Å². The number of halogens is 1. The number of rotatable bonds is 8. The Morgan fingerprint density at radius 1 is 1.16 bits per heavy atom. The van der Waals surface area contributed by atoms with Gasteiger partial charge in [0.25, 0.3) is 0 Å². The van der Waals surface area contributed by atoms with Crippen molar-refractivity contribution in [2.45, 2.75) is 46.3 Å². The van der Waals surface area contributed by atoms with Gasteiger partial charge in [-0.25, -0.2) is 4.39 Å². The van der Waals surface area contributed by atoms with Crippen LogP contribution in [0.4, 0.5) is 4.39 Å². The standard InChI is InChI=1S/C25H31FN2O4/c1-25(2,3)14-24(29)28(15-17-7-6-8-19(26)11-17)16-20-13-21(27-32-20)18-9-10-22(30-4)23(12-18)31-5/h6-12,20H,13-16H2,1-5H3/t20-/m1/s1. The molecule has 1 atom stereocenters. The van der Waals surface area contributed by atoms with E-state index in [1.165, 1.54) is 12.1 Å². The third-order valence-corrected chi connectivity index (χ3v) is 5.17. The van der Waals surface area contributed by atoms with Crippen molar-refractivity contribution in [3.05, 3.63) is 59.4 Å².